The van der Waals surface area contributed by atoms with Crippen LogP contribution >= 0.6 is 27.7 Å². The molecule has 2 aromatic rings. The molecule has 0 bridgehead atoms. The number of carbonyl (C=O) groups excluding carboxylic acids is 1. The third kappa shape index (κ3) is 4.29. The molecule has 7 heteroatoms. The first-order valence-corrected chi connectivity index (χ1v) is 10.5. The molecule has 0 radical (unpaired) electrons. The first kappa shape index (κ1) is 19.3. The fourth-order valence-corrected chi connectivity index (χ4v) is 4.24. The van der Waals surface area contributed by atoms with Crippen LogP contribution in [-0.4, -0.2) is 17.0 Å². The number of rotatable bonds is 6. The number of hydrogen-bond donors (Lipinski definition) is 2. The third-order valence-corrected chi connectivity index (χ3v) is 6.02. The van der Waals surface area contributed by atoms with Gasteiger partial charge in [0.1, 0.15) is 5.76 Å². The summed E-state index contributed by atoms with van der Waals surface area (Å²) in [6.45, 7) is 1.85. The number of anilines is 1. The molecule has 1 aromatic heterocycles. The molecule has 1 aliphatic rings. The maximum absolute atomic E-state index is 13.1. The van der Waals surface area contributed by atoms with E-state index in [2.05, 4.69) is 32.6 Å². The van der Waals surface area contributed by atoms with Crippen LogP contribution < -0.4 is 10.6 Å². The van der Waals surface area contributed by atoms with E-state index < -0.39 is 5.92 Å². The summed E-state index contributed by atoms with van der Waals surface area (Å²) < 4.78 is 5.59. The van der Waals surface area contributed by atoms with E-state index in [-0.39, 0.29) is 5.91 Å². The molecule has 1 unspecified atom stereocenters. The first-order valence-electron chi connectivity index (χ1n) is 8.36. The minimum atomic E-state index is -0.548. The van der Waals surface area contributed by atoms with Crippen molar-refractivity contribution in [3.8, 4) is 6.07 Å². The second kappa shape index (κ2) is 8.98. The Labute approximate surface area is 170 Å². The van der Waals surface area contributed by atoms with Gasteiger partial charge in [-0.05, 0) is 31.2 Å². The van der Waals surface area contributed by atoms with Gasteiger partial charge in [-0.2, -0.15) is 5.26 Å². The number of furan rings is 1. The quantitative estimate of drug-likeness (QED) is 0.630. The van der Waals surface area contributed by atoms with Crippen molar-refractivity contribution in [3.63, 3.8) is 0 Å². The van der Waals surface area contributed by atoms with Gasteiger partial charge in [-0.25, -0.2) is 0 Å². The smallest absolute Gasteiger partial charge is 0.254 e. The van der Waals surface area contributed by atoms with Crippen LogP contribution in [0.2, 0.25) is 0 Å². The van der Waals surface area contributed by atoms with Gasteiger partial charge in [0, 0.05) is 22.5 Å². The molecule has 0 spiro atoms. The number of halogens is 1. The van der Waals surface area contributed by atoms with E-state index in [4.69, 9.17) is 4.42 Å². The summed E-state index contributed by atoms with van der Waals surface area (Å²) in [5.41, 5.74) is 2.37. The average molecular weight is 444 g/mol. The molecular weight excluding hydrogens is 426 g/mol. The standard InChI is InChI=1S/C20H18BrN3O2S/c1-13-17(19(25)24-14-6-3-2-4-7-14)18(16-8-5-10-26-16)15(12-22)20(23-13)27-11-9-21/h2-8,10,18,23H,9,11H2,1H3,(H,24,25). The number of benzene rings is 1. The van der Waals surface area contributed by atoms with Gasteiger partial charge >= 0.3 is 0 Å². The lowest BCUT2D eigenvalue weighted by atomic mass is 9.85. The number of carbonyl (C=O) groups is 1. The van der Waals surface area contributed by atoms with E-state index in [0.717, 1.165) is 16.1 Å². The summed E-state index contributed by atoms with van der Waals surface area (Å²) in [5, 5.41) is 17.5. The van der Waals surface area contributed by atoms with Crippen molar-refractivity contribution < 1.29 is 9.21 Å². The van der Waals surface area contributed by atoms with E-state index in [0.29, 0.717) is 28.3 Å². The average Bonchev–Trinajstić information content (AvgIpc) is 3.20. The molecule has 1 amide bonds. The van der Waals surface area contributed by atoms with E-state index in [9.17, 15) is 10.1 Å². The minimum absolute atomic E-state index is 0.259. The normalized spacial score (nSPS) is 16.7. The monoisotopic (exact) mass is 443 g/mol. The molecule has 5 nitrogen and oxygen atoms in total. The van der Waals surface area contributed by atoms with Crippen LogP contribution in [0.15, 0.2) is 75.0 Å². The summed E-state index contributed by atoms with van der Waals surface area (Å²) in [5.74, 6) is 0.567. The Hall–Kier alpha value is -2.43. The molecular formula is C20H18BrN3O2S. The van der Waals surface area contributed by atoms with Gasteiger partial charge in [-0.1, -0.05) is 34.1 Å². The number of alkyl halides is 1. The Kier molecular flexibility index (Phi) is 6.43. The lowest BCUT2D eigenvalue weighted by Crippen LogP contribution is -2.30. The van der Waals surface area contributed by atoms with Crippen LogP contribution in [0.4, 0.5) is 5.69 Å². The summed E-state index contributed by atoms with van der Waals surface area (Å²) in [4.78, 5) is 13.1. The van der Waals surface area contributed by atoms with E-state index in [1.807, 2.05) is 37.3 Å². The van der Waals surface area contributed by atoms with Crippen molar-refractivity contribution in [2.24, 2.45) is 0 Å². The maximum Gasteiger partial charge on any atom is 0.254 e. The van der Waals surface area contributed by atoms with Gasteiger partial charge in [0.05, 0.1) is 34.4 Å². The third-order valence-electron chi connectivity index (χ3n) is 4.07. The number of nitrogens with zero attached hydrogens (tertiary/aromatic N) is 1. The Bertz CT molecular complexity index is 914. The summed E-state index contributed by atoms with van der Waals surface area (Å²) in [7, 11) is 0. The Morgan fingerprint density at radius 3 is 2.74 bits per heavy atom. The van der Waals surface area contributed by atoms with Crippen LogP contribution in [0.1, 0.15) is 18.6 Å². The van der Waals surface area contributed by atoms with E-state index >= 15 is 0 Å². The SMILES string of the molecule is CC1=C(C(=O)Nc2ccccc2)C(c2ccco2)C(C#N)=C(SCCBr)N1. The van der Waals surface area contributed by atoms with Crippen molar-refractivity contribution >= 4 is 39.3 Å². The highest BCUT2D eigenvalue weighted by molar-refractivity contribution is 9.09. The maximum atomic E-state index is 13.1. The highest BCUT2D eigenvalue weighted by atomic mass is 79.9. The molecule has 1 aliphatic heterocycles. The number of thioether (sulfide) groups is 1. The fourth-order valence-electron chi connectivity index (χ4n) is 2.93. The van der Waals surface area contributed by atoms with Crippen molar-refractivity contribution in [2.45, 2.75) is 12.8 Å². The van der Waals surface area contributed by atoms with Gasteiger partial charge in [0.25, 0.3) is 5.91 Å². The molecule has 1 atom stereocenters. The zero-order valence-corrected chi connectivity index (χ0v) is 17.1. The molecule has 3 rings (SSSR count). The van der Waals surface area contributed by atoms with Crippen molar-refractivity contribution in [3.05, 3.63) is 76.4 Å². The molecule has 2 N–H and O–H groups in total. The topological polar surface area (TPSA) is 78.1 Å². The number of nitrogens with one attached hydrogen (secondary N) is 2. The summed E-state index contributed by atoms with van der Waals surface area (Å²) in [6.07, 6.45) is 1.56. The second-order valence-corrected chi connectivity index (χ2v) is 7.72. The second-order valence-electron chi connectivity index (χ2n) is 5.82. The number of allylic oxidation sites excluding steroid dienone is 2. The van der Waals surface area contributed by atoms with Crippen LogP contribution in [0.5, 0.6) is 0 Å². The molecule has 138 valence electrons. The number of nitriles is 1. The number of para-hydroxylation sites is 1. The number of dihydropyridines is 1. The number of amides is 1. The van der Waals surface area contributed by atoms with Gasteiger partial charge in [0.2, 0.25) is 0 Å². The van der Waals surface area contributed by atoms with Crippen molar-refractivity contribution in [1.29, 1.82) is 5.26 Å². The summed E-state index contributed by atoms with van der Waals surface area (Å²) in [6, 6.07) is 15.1. The van der Waals surface area contributed by atoms with Gasteiger partial charge in [-0.15, -0.1) is 11.8 Å². The zero-order valence-electron chi connectivity index (χ0n) is 14.7. The zero-order chi connectivity index (χ0) is 19.2. The van der Waals surface area contributed by atoms with Crippen LogP contribution in [-0.2, 0) is 4.79 Å². The highest BCUT2D eigenvalue weighted by Crippen LogP contribution is 2.41. The summed E-state index contributed by atoms with van der Waals surface area (Å²) >= 11 is 4.95. The lowest BCUT2D eigenvalue weighted by molar-refractivity contribution is -0.113. The van der Waals surface area contributed by atoms with Crippen molar-refractivity contribution in [2.75, 3.05) is 16.4 Å². The molecule has 0 saturated carbocycles. The first-order chi connectivity index (χ1) is 13.2. The largest absolute Gasteiger partial charge is 0.468 e. The van der Waals surface area contributed by atoms with Crippen LogP contribution in [0.3, 0.4) is 0 Å². The van der Waals surface area contributed by atoms with Gasteiger partial charge < -0.3 is 15.1 Å². The lowest BCUT2D eigenvalue weighted by Gasteiger charge is -2.28. The predicted molar refractivity (Wildman–Crippen MR) is 111 cm³/mol. The molecule has 2 heterocycles. The predicted octanol–water partition coefficient (Wildman–Crippen LogP) is 4.74. The minimum Gasteiger partial charge on any atom is -0.468 e. The Morgan fingerprint density at radius 2 is 2.11 bits per heavy atom. The molecule has 0 saturated heterocycles. The van der Waals surface area contributed by atoms with Gasteiger partial charge in [0.15, 0.2) is 0 Å². The van der Waals surface area contributed by atoms with Gasteiger partial charge in [-0.3, -0.25) is 4.79 Å². The van der Waals surface area contributed by atoms with Crippen LogP contribution in [0, 0.1) is 11.3 Å². The number of hydrogen-bond acceptors (Lipinski definition) is 5. The Morgan fingerprint density at radius 1 is 1.33 bits per heavy atom. The molecule has 1 aromatic carbocycles. The van der Waals surface area contributed by atoms with Crippen molar-refractivity contribution in [1.82, 2.24) is 5.32 Å². The molecule has 27 heavy (non-hydrogen) atoms. The van der Waals surface area contributed by atoms with E-state index in [1.165, 1.54) is 0 Å². The fraction of sp³-hybridized carbons (Fsp3) is 0.200. The highest BCUT2D eigenvalue weighted by Gasteiger charge is 2.36. The molecule has 0 fully saturated rings. The Balaban J connectivity index is 2.01. The molecule has 0 aliphatic carbocycles. The van der Waals surface area contributed by atoms with E-state index in [1.54, 1.807) is 30.2 Å². The van der Waals surface area contributed by atoms with Crippen LogP contribution in [0.25, 0.3) is 0 Å².